The summed E-state index contributed by atoms with van der Waals surface area (Å²) in [4.78, 5) is 27.9. The molecule has 2 amide bonds. The highest BCUT2D eigenvalue weighted by Gasteiger charge is 2.36. The Morgan fingerprint density at radius 3 is 2.35 bits per heavy atom. The molecule has 1 aliphatic heterocycles. The van der Waals surface area contributed by atoms with Crippen molar-refractivity contribution in [3.05, 3.63) is 12.7 Å². The minimum Gasteiger partial charge on any atom is -0.395 e. The van der Waals surface area contributed by atoms with Crippen LogP contribution in [0, 0.1) is 11.8 Å². The average Bonchev–Trinajstić information content (AvgIpc) is 3.30. The molecule has 112 valence electrons. The lowest BCUT2D eigenvalue weighted by Gasteiger charge is -2.34. The van der Waals surface area contributed by atoms with Crippen LogP contribution in [0.4, 0.5) is 0 Å². The van der Waals surface area contributed by atoms with Gasteiger partial charge in [-0.05, 0) is 25.7 Å². The minimum absolute atomic E-state index is 0.0234. The SMILES string of the molecule is C=CCN(CCO)C(=O)C1CCN(C(=O)C2CC2)CC1. The number of hydrogen-bond acceptors (Lipinski definition) is 3. The van der Waals surface area contributed by atoms with Gasteiger partial charge in [-0.1, -0.05) is 6.08 Å². The van der Waals surface area contributed by atoms with Crippen molar-refractivity contribution in [3.63, 3.8) is 0 Å². The van der Waals surface area contributed by atoms with Gasteiger partial charge in [0.05, 0.1) is 6.61 Å². The molecule has 5 nitrogen and oxygen atoms in total. The van der Waals surface area contributed by atoms with Crippen LogP contribution in [0.5, 0.6) is 0 Å². The second kappa shape index (κ2) is 6.88. The Morgan fingerprint density at radius 1 is 1.20 bits per heavy atom. The fraction of sp³-hybridized carbons (Fsp3) is 0.733. The van der Waals surface area contributed by atoms with Crippen LogP contribution in [0.2, 0.25) is 0 Å². The van der Waals surface area contributed by atoms with Crippen molar-refractivity contribution in [2.45, 2.75) is 25.7 Å². The third-order valence-electron chi connectivity index (χ3n) is 4.11. The van der Waals surface area contributed by atoms with E-state index in [1.165, 1.54) is 0 Å². The van der Waals surface area contributed by atoms with Crippen LogP contribution in [-0.2, 0) is 9.59 Å². The van der Waals surface area contributed by atoms with Gasteiger partial charge in [0.25, 0.3) is 0 Å². The number of rotatable bonds is 6. The molecule has 2 aliphatic rings. The van der Waals surface area contributed by atoms with Crippen LogP contribution in [-0.4, -0.2) is 59.5 Å². The molecule has 0 atom stereocenters. The third kappa shape index (κ3) is 3.60. The quantitative estimate of drug-likeness (QED) is 0.726. The smallest absolute Gasteiger partial charge is 0.226 e. The summed E-state index contributed by atoms with van der Waals surface area (Å²) < 4.78 is 0. The van der Waals surface area contributed by atoms with Gasteiger partial charge < -0.3 is 14.9 Å². The van der Waals surface area contributed by atoms with Gasteiger partial charge in [-0.3, -0.25) is 9.59 Å². The van der Waals surface area contributed by atoms with Crippen LogP contribution >= 0.6 is 0 Å². The first kappa shape index (κ1) is 15.0. The topological polar surface area (TPSA) is 60.9 Å². The van der Waals surface area contributed by atoms with E-state index in [9.17, 15) is 9.59 Å². The average molecular weight is 280 g/mol. The lowest BCUT2D eigenvalue weighted by Crippen LogP contribution is -2.45. The molecule has 0 unspecified atom stereocenters. The van der Waals surface area contributed by atoms with E-state index in [0.29, 0.717) is 26.2 Å². The van der Waals surface area contributed by atoms with Gasteiger partial charge in [-0.2, -0.15) is 0 Å². The fourth-order valence-corrected chi connectivity index (χ4v) is 2.76. The molecule has 1 N–H and O–H groups in total. The molecule has 1 heterocycles. The zero-order chi connectivity index (χ0) is 14.5. The molecule has 1 aliphatic carbocycles. The van der Waals surface area contributed by atoms with Gasteiger partial charge in [0.1, 0.15) is 0 Å². The maximum Gasteiger partial charge on any atom is 0.226 e. The van der Waals surface area contributed by atoms with E-state index in [4.69, 9.17) is 5.11 Å². The summed E-state index contributed by atoms with van der Waals surface area (Å²) in [6.45, 7) is 5.81. The lowest BCUT2D eigenvalue weighted by atomic mass is 9.95. The number of amides is 2. The second-order valence-electron chi connectivity index (χ2n) is 5.67. The summed E-state index contributed by atoms with van der Waals surface area (Å²) in [5.74, 6) is 0.588. The van der Waals surface area contributed by atoms with E-state index in [1.54, 1.807) is 11.0 Å². The fourth-order valence-electron chi connectivity index (χ4n) is 2.76. The van der Waals surface area contributed by atoms with Crippen molar-refractivity contribution in [2.75, 3.05) is 32.8 Å². The normalized spacial score (nSPS) is 19.8. The number of hydrogen-bond donors (Lipinski definition) is 1. The highest BCUT2D eigenvalue weighted by Crippen LogP contribution is 2.32. The van der Waals surface area contributed by atoms with E-state index in [1.807, 2.05) is 4.90 Å². The number of carbonyl (C=O) groups is 2. The van der Waals surface area contributed by atoms with E-state index < -0.39 is 0 Å². The maximum atomic E-state index is 12.4. The molecular formula is C15H24N2O3. The molecule has 1 saturated heterocycles. The van der Waals surface area contributed by atoms with Crippen molar-refractivity contribution in [1.29, 1.82) is 0 Å². The summed E-state index contributed by atoms with van der Waals surface area (Å²) in [6, 6.07) is 0. The molecular weight excluding hydrogens is 256 g/mol. The molecule has 5 heteroatoms. The summed E-state index contributed by atoms with van der Waals surface area (Å²) in [5, 5.41) is 9.01. The summed E-state index contributed by atoms with van der Waals surface area (Å²) in [7, 11) is 0. The predicted octanol–water partition coefficient (Wildman–Crippen LogP) is 0.642. The summed E-state index contributed by atoms with van der Waals surface area (Å²) >= 11 is 0. The summed E-state index contributed by atoms with van der Waals surface area (Å²) in [5.41, 5.74) is 0. The van der Waals surface area contributed by atoms with Crippen LogP contribution in [0.1, 0.15) is 25.7 Å². The first-order chi connectivity index (χ1) is 9.67. The Kier molecular flexibility index (Phi) is 5.17. The van der Waals surface area contributed by atoms with E-state index >= 15 is 0 Å². The maximum absolute atomic E-state index is 12.4. The van der Waals surface area contributed by atoms with Gasteiger partial charge in [0.15, 0.2) is 0 Å². The number of aliphatic hydroxyl groups excluding tert-OH is 1. The molecule has 2 rings (SSSR count). The molecule has 0 aromatic rings. The third-order valence-corrected chi connectivity index (χ3v) is 4.11. The highest BCUT2D eigenvalue weighted by atomic mass is 16.3. The Labute approximate surface area is 120 Å². The number of carbonyl (C=O) groups excluding carboxylic acids is 2. The van der Waals surface area contributed by atoms with Gasteiger partial charge in [0, 0.05) is 38.0 Å². The molecule has 0 aromatic heterocycles. The summed E-state index contributed by atoms with van der Waals surface area (Å²) in [6.07, 6.45) is 5.20. The van der Waals surface area contributed by atoms with Crippen molar-refractivity contribution in [1.82, 2.24) is 9.80 Å². The van der Waals surface area contributed by atoms with E-state index in [0.717, 1.165) is 25.7 Å². The monoisotopic (exact) mass is 280 g/mol. The van der Waals surface area contributed by atoms with Gasteiger partial charge in [-0.25, -0.2) is 0 Å². The first-order valence-corrected chi connectivity index (χ1v) is 7.46. The largest absolute Gasteiger partial charge is 0.395 e. The van der Waals surface area contributed by atoms with Crippen molar-refractivity contribution < 1.29 is 14.7 Å². The molecule has 0 aromatic carbocycles. The highest BCUT2D eigenvalue weighted by molar-refractivity contribution is 5.82. The number of aliphatic hydroxyl groups is 1. The Morgan fingerprint density at radius 2 is 1.85 bits per heavy atom. The Balaban J connectivity index is 1.83. The van der Waals surface area contributed by atoms with Gasteiger partial charge in [-0.15, -0.1) is 6.58 Å². The minimum atomic E-state index is -0.0292. The molecule has 1 saturated carbocycles. The molecule has 2 fully saturated rings. The van der Waals surface area contributed by atoms with Crippen LogP contribution in [0.3, 0.4) is 0 Å². The lowest BCUT2D eigenvalue weighted by molar-refractivity contribution is -0.141. The Bertz CT molecular complexity index is 371. The molecule has 20 heavy (non-hydrogen) atoms. The van der Waals surface area contributed by atoms with Crippen molar-refractivity contribution in [3.8, 4) is 0 Å². The van der Waals surface area contributed by atoms with Gasteiger partial charge in [0.2, 0.25) is 11.8 Å². The standard InChI is InChI=1S/C15H24N2O3/c1-2-7-16(10-11-18)15(20)13-5-8-17(9-6-13)14(19)12-3-4-12/h2,12-13,18H,1,3-11H2. The Hall–Kier alpha value is -1.36. The van der Waals surface area contributed by atoms with Crippen molar-refractivity contribution in [2.24, 2.45) is 11.8 Å². The molecule has 0 spiro atoms. The van der Waals surface area contributed by atoms with Crippen molar-refractivity contribution >= 4 is 11.8 Å². The second-order valence-corrected chi connectivity index (χ2v) is 5.67. The van der Waals surface area contributed by atoms with Crippen LogP contribution < -0.4 is 0 Å². The zero-order valence-electron chi connectivity index (χ0n) is 12.0. The number of nitrogens with zero attached hydrogens (tertiary/aromatic N) is 2. The zero-order valence-corrected chi connectivity index (χ0v) is 12.0. The predicted molar refractivity (Wildman–Crippen MR) is 75.9 cm³/mol. The number of likely N-dealkylation sites (tertiary alicyclic amines) is 1. The molecule has 0 bridgehead atoms. The first-order valence-electron chi connectivity index (χ1n) is 7.46. The van der Waals surface area contributed by atoms with Crippen LogP contribution in [0.15, 0.2) is 12.7 Å². The molecule has 0 radical (unpaired) electrons. The number of piperidine rings is 1. The van der Waals surface area contributed by atoms with Crippen LogP contribution in [0.25, 0.3) is 0 Å². The van der Waals surface area contributed by atoms with Gasteiger partial charge >= 0.3 is 0 Å². The van der Waals surface area contributed by atoms with E-state index in [2.05, 4.69) is 6.58 Å². The van der Waals surface area contributed by atoms with E-state index in [-0.39, 0.29) is 30.3 Å².